The molecular formula is C50H42N2. The second-order valence-corrected chi connectivity index (χ2v) is 16.0. The van der Waals surface area contributed by atoms with Gasteiger partial charge in [0.1, 0.15) is 0 Å². The number of aryl methyl sites for hydroxylation is 2. The molecule has 1 aliphatic heterocycles. The molecule has 10 rings (SSSR count). The van der Waals surface area contributed by atoms with Gasteiger partial charge in [0.2, 0.25) is 0 Å². The number of aromatic nitrogens is 1. The summed E-state index contributed by atoms with van der Waals surface area (Å²) in [5, 5.41) is 2.57. The lowest BCUT2D eigenvalue weighted by atomic mass is 9.75. The number of fused-ring (bicyclic) bond motifs is 8. The van der Waals surface area contributed by atoms with Crippen LogP contribution in [0, 0.1) is 13.8 Å². The van der Waals surface area contributed by atoms with E-state index in [2.05, 4.69) is 197 Å². The van der Waals surface area contributed by atoms with Gasteiger partial charge in [-0.05, 0) is 124 Å². The monoisotopic (exact) mass is 670 g/mol. The largest absolute Gasteiger partial charge is 0.310 e. The summed E-state index contributed by atoms with van der Waals surface area (Å²) in [6.07, 6.45) is 0. The highest BCUT2D eigenvalue weighted by atomic mass is 15.1. The summed E-state index contributed by atoms with van der Waals surface area (Å²) in [5.41, 5.74) is 20.4. The van der Waals surface area contributed by atoms with Crippen LogP contribution in [-0.4, -0.2) is 4.57 Å². The Morgan fingerprint density at radius 1 is 0.442 bits per heavy atom. The Morgan fingerprint density at radius 2 is 1.08 bits per heavy atom. The van der Waals surface area contributed by atoms with Crippen LogP contribution in [0.25, 0.3) is 49.7 Å². The van der Waals surface area contributed by atoms with Crippen molar-refractivity contribution in [2.45, 2.75) is 52.4 Å². The molecule has 0 unspecified atom stereocenters. The van der Waals surface area contributed by atoms with Gasteiger partial charge in [-0.1, -0.05) is 119 Å². The Labute approximate surface area is 306 Å². The second-order valence-electron chi connectivity index (χ2n) is 16.0. The number of nitrogens with zero attached hydrogens (tertiary/aromatic N) is 2. The average Bonchev–Trinajstić information content (AvgIpc) is 3.59. The summed E-state index contributed by atoms with van der Waals surface area (Å²) in [6, 6.07) is 54.7. The van der Waals surface area contributed by atoms with Crippen molar-refractivity contribution >= 4 is 38.9 Å². The summed E-state index contributed by atoms with van der Waals surface area (Å²) in [6.45, 7) is 13.8. The number of para-hydroxylation sites is 2. The minimum atomic E-state index is -0.0885. The summed E-state index contributed by atoms with van der Waals surface area (Å²) in [4.78, 5) is 2.43. The van der Waals surface area contributed by atoms with Crippen molar-refractivity contribution in [1.82, 2.24) is 4.57 Å². The van der Waals surface area contributed by atoms with Gasteiger partial charge in [0.15, 0.2) is 0 Å². The molecule has 252 valence electrons. The smallest absolute Gasteiger partial charge is 0.0582 e. The highest BCUT2D eigenvalue weighted by Crippen LogP contribution is 2.51. The molecule has 0 bridgehead atoms. The Morgan fingerprint density at radius 3 is 1.87 bits per heavy atom. The third-order valence-electron chi connectivity index (χ3n) is 12.0. The zero-order valence-corrected chi connectivity index (χ0v) is 30.8. The molecule has 2 heterocycles. The van der Waals surface area contributed by atoms with Crippen LogP contribution in [0.15, 0.2) is 146 Å². The van der Waals surface area contributed by atoms with Crippen LogP contribution in [0.5, 0.6) is 0 Å². The van der Waals surface area contributed by atoms with Crippen molar-refractivity contribution in [1.29, 1.82) is 0 Å². The molecule has 1 aliphatic carbocycles. The Hall–Kier alpha value is -5.86. The molecule has 0 atom stereocenters. The fraction of sp³-hybridized carbons (Fsp3) is 0.160. The number of benzene rings is 7. The Bertz CT molecular complexity index is 2740. The van der Waals surface area contributed by atoms with E-state index in [-0.39, 0.29) is 10.8 Å². The molecular weight excluding hydrogens is 629 g/mol. The van der Waals surface area contributed by atoms with Crippen LogP contribution in [-0.2, 0) is 10.8 Å². The van der Waals surface area contributed by atoms with Gasteiger partial charge >= 0.3 is 0 Å². The van der Waals surface area contributed by atoms with Crippen LogP contribution >= 0.6 is 0 Å². The van der Waals surface area contributed by atoms with E-state index < -0.39 is 0 Å². The summed E-state index contributed by atoms with van der Waals surface area (Å²) in [5.74, 6) is 0. The van der Waals surface area contributed by atoms with Gasteiger partial charge in [0.05, 0.1) is 16.7 Å². The molecule has 52 heavy (non-hydrogen) atoms. The molecule has 0 N–H and O–H groups in total. The first-order valence-electron chi connectivity index (χ1n) is 18.5. The summed E-state index contributed by atoms with van der Waals surface area (Å²) >= 11 is 0. The van der Waals surface area contributed by atoms with E-state index in [9.17, 15) is 0 Å². The average molecular weight is 671 g/mol. The molecule has 0 radical (unpaired) electrons. The first-order valence-corrected chi connectivity index (χ1v) is 18.5. The maximum Gasteiger partial charge on any atom is 0.0582 e. The zero-order valence-electron chi connectivity index (χ0n) is 30.8. The van der Waals surface area contributed by atoms with Crippen molar-refractivity contribution in [3.8, 4) is 27.9 Å². The third kappa shape index (κ3) is 4.30. The quantitative estimate of drug-likeness (QED) is 0.181. The van der Waals surface area contributed by atoms with Gasteiger partial charge in [-0.2, -0.15) is 0 Å². The predicted octanol–water partition coefficient (Wildman–Crippen LogP) is 13.5. The topological polar surface area (TPSA) is 8.17 Å². The minimum absolute atomic E-state index is 0.0262. The van der Waals surface area contributed by atoms with Crippen molar-refractivity contribution in [2.75, 3.05) is 4.90 Å². The van der Waals surface area contributed by atoms with E-state index in [0.29, 0.717) is 0 Å². The number of hydrogen-bond acceptors (Lipinski definition) is 1. The molecule has 0 saturated heterocycles. The maximum absolute atomic E-state index is 2.50. The number of anilines is 3. The van der Waals surface area contributed by atoms with Gasteiger partial charge in [-0.15, -0.1) is 0 Å². The lowest BCUT2D eigenvalue weighted by Crippen LogP contribution is -2.26. The second kappa shape index (κ2) is 10.8. The maximum atomic E-state index is 2.50. The highest BCUT2D eigenvalue weighted by molar-refractivity contribution is 6.12. The molecule has 2 nitrogen and oxygen atoms in total. The fourth-order valence-electron chi connectivity index (χ4n) is 9.51. The van der Waals surface area contributed by atoms with E-state index in [1.807, 2.05) is 0 Å². The molecule has 0 fully saturated rings. The first kappa shape index (κ1) is 30.9. The van der Waals surface area contributed by atoms with E-state index in [1.165, 1.54) is 88.8 Å². The lowest BCUT2D eigenvalue weighted by Gasteiger charge is -2.34. The minimum Gasteiger partial charge on any atom is -0.310 e. The molecule has 8 aromatic rings. The Balaban J connectivity index is 1.12. The van der Waals surface area contributed by atoms with E-state index in [0.717, 1.165) is 11.4 Å². The Kier molecular flexibility index (Phi) is 6.44. The van der Waals surface area contributed by atoms with Gasteiger partial charge in [0, 0.05) is 38.7 Å². The van der Waals surface area contributed by atoms with Crippen LogP contribution in [0.1, 0.15) is 61.1 Å². The molecule has 2 aliphatic rings. The number of rotatable bonds is 4. The van der Waals surface area contributed by atoms with Gasteiger partial charge in [-0.3, -0.25) is 0 Å². The molecule has 0 amide bonds. The van der Waals surface area contributed by atoms with E-state index >= 15 is 0 Å². The molecule has 2 heteroatoms. The predicted molar refractivity (Wildman–Crippen MR) is 220 cm³/mol. The van der Waals surface area contributed by atoms with Crippen LogP contribution in [0.3, 0.4) is 0 Å². The standard InChI is InChI=1S/C50H42N2/c1-31-26-32(2)28-37(27-31)51(35-21-18-33(19-22-35)34-20-24-39-38-12-7-8-14-42(38)49(3,4)45(39)29-34)36-23-25-46-41(30-36)40-13-11-16-44-48(40)52(46)47-17-10-9-15-43(47)50(44,5)6/h7-30H,1-6H3. The van der Waals surface area contributed by atoms with Crippen molar-refractivity contribution < 1.29 is 0 Å². The highest BCUT2D eigenvalue weighted by Gasteiger charge is 2.36. The van der Waals surface area contributed by atoms with Crippen molar-refractivity contribution in [3.05, 3.63) is 179 Å². The molecule has 1 aromatic heterocycles. The number of hydrogen-bond donors (Lipinski definition) is 0. The van der Waals surface area contributed by atoms with E-state index in [1.54, 1.807) is 0 Å². The van der Waals surface area contributed by atoms with Crippen LogP contribution < -0.4 is 4.90 Å². The summed E-state index contributed by atoms with van der Waals surface area (Å²) in [7, 11) is 0. The fourth-order valence-corrected chi connectivity index (χ4v) is 9.51. The van der Waals surface area contributed by atoms with E-state index in [4.69, 9.17) is 0 Å². The lowest BCUT2D eigenvalue weighted by molar-refractivity contribution is 0.630. The first-order chi connectivity index (χ1) is 25.1. The SMILES string of the molecule is Cc1cc(C)cc(N(c2ccc(-c3ccc4c(c3)C(C)(C)c3ccccc3-4)cc2)c2ccc3c(c2)c2cccc4c2n3-c2ccccc2C4(C)C)c1. The van der Waals surface area contributed by atoms with Crippen LogP contribution in [0.2, 0.25) is 0 Å². The van der Waals surface area contributed by atoms with Crippen molar-refractivity contribution in [2.24, 2.45) is 0 Å². The zero-order chi connectivity index (χ0) is 35.5. The van der Waals surface area contributed by atoms with Gasteiger partial charge in [-0.25, -0.2) is 0 Å². The van der Waals surface area contributed by atoms with Crippen LogP contribution in [0.4, 0.5) is 17.1 Å². The van der Waals surface area contributed by atoms with Gasteiger partial charge in [0.25, 0.3) is 0 Å². The third-order valence-corrected chi connectivity index (χ3v) is 12.0. The molecule has 0 spiro atoms. The molecule has 7 aromatic carbocycles. The normalized spacial score (nSPS) is 14.7. The van der Waals surface area contributed by atoms with Gasteiger partial charge < -0.3 is 9.47 Å². The van der Waals surface area contributed by atoms with Crippen molar-refractivity contribution in [3.63, 3.8) is 0 Å². The summed E-state index contributed by atoms with van der Waals surface area (Å²) < 4.78 is 2.50. The molecule has 0 saturated carbocycles.